The molecule has 0 unspecified atom stereocenters. The van der Waals surface area contributed by atoms with E-state index in [4.69, 9.17) is 4.74 Å². The van der Waals surface area contributed by atoms with Crippen molar-refractivity contribution in [2.75, 3.05) is 0 Å². The number of benzene rings is 2. The Bertz CT molecular complexity index is 933. The highest BCUT2D eigenvalue weighted by Crippen LogP contribution is 2.30. The third-order valence-corrected chi connectivity index (χ3v) is 4.43. The van der Waals surface area contributed by atoms with E-state index in [1.54, 1.807) is 12.4 Å². The molecule has 2 aromatic heterocycles. The van der Waals surface area contributed by atoms with Crippen molar-refractivity contribution in [1.29, 1.82) is 0 Å². The molecule has 0 aliphatic heterocycles. The van der Waals surface area contributed by atoms with Crippen LogP contribution < -0.4 is 4.74 Å². The van der Waals surface area contributed by atoms with E-state index in [-0.39, 0.29) is 6.10 Å². The molecule has 2 heterocycles. The molecule has 0 aliphatic rings. The maximum absolute atomic E-state index is 6.51. The van der Waals surface area contributed by atoms with E-state index in [9.17, 15) is 0 Å². The third-order valence-electron chi connectivity index (χ3n) is 4.43. The first-order valence-corrected chi connectivity index (χ1v) is 8.98. The molecule has 0 saturated heterocycles. The van der Waals surface area contributed by atoms with Crippen molar-refractivity contribution in [3.05, 3.63) is 126 Å². The highest BCUT2D eigenvalue weighted by atomic mass is 16.5. The molecule has 0 N–H and O–H groups in total. The summed E-state index contributed by atoms with van der Waals surface area (Å²) in [6.45, 7) is 0. The molecule has 27 heavy (non-hydrogen) atoms. The lowest BCUT2D eigenvalue weighted by atomic mass is 10.0. The lowest BCUT2D eigenvalue weighted by Gasteiger charge is -2.21. The maximum atomic E-state index is 6.51. The van der Waals surface area contributed by atoms with Gasteiger partial charge in [0.25, 0.3) is 0 Å². The molecule has 4 aromatic rings. The van der Waals surface area contributed by atoms with Crippen LogP contribution in [0.15, 0.2) is 104 Å². The van der Waals surface area contributed by atoms with Crippen LogP contribution in [0.2, 0.25) is 0 Å². The van der Waals surface area contributed by atoms with Gasteiger partial charge in [-0.3, -0.25) is 9.97 Å². The predicted molar refractivity (Wildman–Crippen MR) is 107 cm³/mol. The SMILES string of the molecule is c1ccc(Cc2ccccc2OC(c2cccnc2)c2cccnc2)cc1. The number of ether oxygens (including phenoxy) is 1. The van der Waals surface area contributed by atoms with Crippen molar-refractivity contribution in [2.45, 2.75) is 12.5 Å². The first kappa shape index (κ1) is 17.0. The van der Waals surface area contributed by atoms with Gasteiger partial charge in [0.1, 0.15) is 5.75 Å². The normalized spacial score (nSPS) is 10.7. The molecule has 3 heteroatoms. The Morgan fingerprint density at radius 2 is 1.30 bits per heavy atom. The molecular formula is C24H20N2O. The van der Waals surface area contributed by atoms with E-state index in [0.717, 1.165) is 28.9 Å². The van der Waals surface area contributed by atoms with Crippen LogP contribution in [0, 0.1) is 0 Å². The monoisotopic (exact) mass is 352 g/mol. The fraction of sp³-hybridized carbons (Fsp3) is 0.0833. The number of para-hydroxylation sites is 1. The highest BCUT2D eigenvalue weighted by molar-refractivity contribution is 5.39. The van der Waals surface area contributed by atoms with E-state index >= 15 is 0 Å². The van der Waals surface area contributed by atoms with E-state index in [0.29, 0.717) is 0 Å². The molecule has 0 atom stereocenters. The largest absolute Gasteiger partial charge is 0.481 e. The molecule has 4 rings (SSSR count). The summed E-state index contributed by atoms with van der Waals surface area (Å²) in [6, 6.07) is 26.6. The van der Waals surface area contributed by atoms with E-state index in [2.05, 4.69) is 40.3 Å². The minimum absolute atomic E-state index is 0.260. The standard InChI is InChI=1S/C24H20N2O/c1-2-8-19(9-3-1)16-20-10-4-5-13-23(20)27-24(21-11-6-14-25-17-21)22-12-7-15-26-18-22/h1-15,17-18,24H,16H2. The maximum Gasteiger partial charge on any atom is 0.152 e. The number of hydrogen-bond acceptors (Lipinski definition) is 3. The summed E-state index contributed by atoms with van der Waals surface area (Å²) < 4.78 is 6.51. The minimum atomic E-state index is -0.260. The molecule has 0 fully saturated rings. The molecule has 0 amide bonds. The number of hydrogen-bond donors (Lipinski definition) is 0. The predicted octanol–water partition coefficient (Wildman–Crippen LogP) is 5.24. The number of aromatic nitrogens is 2. The van der Waals surface area contributed by atoms with Gasteiger partial charge in [-0.25, -0.2) is 0 Å². The Labute approximate surface area is 159 Å². The summed E-state index contributed by atoms with van der Waals surface area (Å²) in [7, 11) is 0. The van der Waals surface area contributed by atoms with E-state index in [1.807, 2.05) is 60.9 Å². The Morgan fingerprint density at radius 1 is 0.667 bits per heavy atom. The zero-order valence-electron chi connectivity index (χ0n) is 14.9. The minimum Gasteiger partial charge on any atom is -0.481 e. The van der Waals surface area contributed by atoms with E-state index in [1.165, 1.54) is 5.56 Å². The topological polar surface area (TPSA) is 35.0 Å². The molecule has 0 radical (unpaired) electrons. The summed E-state index contributed by atoms with van der Waals surface area (Å²) in [6.07, 6.45) is 7.79. The lowest BCUT2D eigenvalue weighted by molar-refractivity contribution is 0.244. The Balaban J connectivity index is 1.68. The van der Waals surface area contributed by atoms with Gasteiger partial charge in [0, 0.05) is 42.3 Å². The van der Waals surface area contributed by atoms with Crippen LogP contribution in [0.1, 0.15) is 28.4 Å². The first-order valence-electron chi connectivity index (χ1n) is 8.98. The van der Waals surface area contributed by atoms with Gasteiger partial charge in [0.2, 0.25) is 0 Å². The summed E-state index contributed by atoms with van der Waals surface area (Å²) in [5.74, 6) is 0.874. The second kappa shape index (κ2) is 8.28. The van der Waals surface area contributed by atoms with E-state index < -0.39 is 0 Å². The van der Waals surface area contributed by atoms with Crippen molar-refractivity contribution >= 4 is 0 Å². The molecule has 0 aliphatic carbocycles. The molecule has 0 spiro atoms. The third kappa shape index (κ3) is 4.21. The van der Waals surface area contributed by atoms with Crippen LogP contribution in [-0.2, 0) is 6.42 Å². The van der Waals surface area contributed by atoms with Crippen molar-refractivity contribution in [1.82, 2.24) is 9.97 Å². The summed E-state index contributed by atoms with van der Waals surface area (Å²) in [5, 5.41) is 0. The van der Waals surface area contributed by atoms with Crippen LogP contribution in [0.4, 0.5) is 0 Å². The molecular weight excluding hydrogens is 332 g/mol. The zero-order chi connectivity index (χ0) is 18.3. The van der Waals surface area contributed by atoms with Crippen LogP contribution in [0.5, 0.6) is 5.75 Å². The fourth-order valence-electron chi connectivity index (χ4n) is 3.10. The number of nitrogens with zero attached hydrogens (tertiary/aromatic N) is 2. The fourth-order valence-corrected chi connectivity index (χ4v) is 3.10. The van der Waals surface area contributed by atoms with Crippen LogP contribution in [0.3, 0.4) is 0 Å². The second-order valence-electron chi connectivity index (χ2n) is 6.34. The smallest absolute Gasteiger partial charge is 0.152 e. The van der Waals surface area contributed by atoms with Gasteiger partial charge in [0.05, 0.1) is 0 Å². The van der Waals surface area contributed by atoms with Crippen LogP contribution >= 0.6 is 0 Å². The lowest BCUT2D eigenvalue weighted by Crippen LogP contribution is -2.11. The zero-order valence-corrected chi connectivity index (χ0v) is 14.9. The van der Waals surface area contributed by atoms with Crippen LogP contribution in [-0.4, -0.2) is 9.97 Å². The molecule has 3 nitrogen and oxygen atoms in total. The van der Waals surface area contributed by atoms with Crippen molar-refractivity contribution in [2.24, 2.45) is 0 Å². The van der Waals surface area contributed by atoms with Crippen molar-refractivity contribution < 1.29 is 4.74 Å². The van der Waals surface area contributed by atoms with Gasteiger partial charge in [-0.1, -0.05) is 60.7 Å². The summed E-state index contributed by atoms with van der Waals surface area (Å²) in [4.78, 5) is 8.52. The first-order chi connectivity index (χ1) is 13.4. The van der Waals surface area contributed by atoms with Gasteiger partial charge in [-0.15, -0.1) is 0 Å². The van der Waals surface area contributed by atoms with Gasteiger partial charge >= 0.3 is 0 Å². The molecule has 0 saturated carbocycles. The van der Waals surface area contributed by atoms with Gasteiger partial charge in [-0.05, 0) is 29.3 Å². The summed E-state index contributed by atoms with van der Waals surface area (Å²) in [5.41, 5.74) is 4.41. The molecule has 132 valence electrons. The highest BCUT2D eigenvalue weighted by Gasteiger charge is 2.18. The van der Waals surface area contributed by atoms with Gasteiger partial charge < -0.3 is 4.74 Å². The van der Waals surface area contributed by atoms with Gasteiger partial charge in [-0.2, -0.15) is 0 Å². The Morgan fingerprint density at radius 3 is 1.93 bits per heavy atom. The van der Waals surface area contributed by atoms with Gasteiger partial charge in [0.15, 0.2) is 6.10 Å². The average Bonchev–Trinajstić information content (AvgIpc) is 2.75. The Hall–Kier alpha value is -3.46. The van der Waals surface area contributed by atoms with Crippen LogP contribution in [0.25, 0.3) is 0 Å². The molecule has 2 aromatic carbocycles. The second-order valence-corrected chi connectivity index (χ2v) is 6.34. The summed E-state index contributed by atoms with van der Waals surface area (Å²) >= 11 is 0. The average molecular weight is 352 g/mol. The van der Waals surface area contributed by atoms with Crippen molar-refractivity contribution in [3.63, 3.8) is 0 Å². The quantitative estimate of drug-likeness (QED) is 0.476. The Kier molecular flexibility index (Phi) is 5.21. The number of rotatable bonds is 6. The molecule has 0 bridgehead atoms. The van der Waals surface area contributed by atoms with Crippen molar-refractivity contribution in [3.8, 4) is 5.75 Å². The number of pyridine rings is 2.